The van der Waals surface area contributed by atoms with E-state index in [1.54, 1.807) is 7.11 Å². The molecule has 19 heavy (non-hydrogen) atoms. The molecule has 0 aliphatic rings. The fourth-order valence-electron chi connectivity index (χ4n) is 2.04. The highest BCUT2D eigenvalue weighted by Gasteiger charge is 2.20. The molecule has 2 nitrogen and oxygen atoms in total. The predicted molar refractivity (Wildman–Crippen MR) is 84.2 cm³/mol. The van der Waals surface area contributed by atoms with Crippen molar-refractivity contribution in [3.63, 3.8) is 0 Å². The summed E-state index contributed by atoms with van der Waals surface area (Å²) in [5, 5.41) is 0. The standard InChI is InChI=1S/C16H28O2Si/c1-5-19(3,4)18-14-12-16(11-13-17-2)15-9-7-6-8-10-15/h6-10,16H,5,11-14H2,1-4H3. The van der Waals surface area contributed by atoms with Gasteiger partial charge in [0, 0.05) is 20.3 Å². The van der Waals surface area contributed by atoms with Gasteiger partial charge in [0.2, 0.25) is 0 Å². The number of methoxy groups -OCH3 is 1. The molecular weight excluding hydrogens is 252 g/mol. The molecule has 0 fully saturated rings. The first-order valence-corrected chi connectivity index (χ1v) is 10.4. The van der Waals surface area contributed by atoms with Crippen LogP contribution in [0.1, 0.15) is 31.2 Å². The molecule has 0 N–H and O–H groups in total. The average Bonchev–Trinajstić information content (AvgIpc) is 2.43. The summed E-state index contributed by atoms with van der Waals surface area (Å²) in [6.07, 6.45) is 2.15. The van der Waals surface area contributed by atoms with Crippen molar-refractivity contribution in [1.29, 1.82) is 0 Å². The van der Waals surface area contributed by atoms with Crippen LogP contribution in [0.15, 0.2) is 30.3 Å². The number of ether oxygens (including phenoxy) is 1. The highest BCUT2D eigenvalue weighted by molar-refractivity contribution is 6.71. The minimum Gasteiger partial charge on any atom is -0.417 e. The lowest BCUT2D eigenvalue weighted by Crippen LogP contribution is -2.29. The van der Waals surface area contributed by atoms with Gasteiger partial charge in [-0.05, 0) is 43.5 Å². The van der Waals surface area contributed by atoms with Gasteiger partial charge >= 0.3 is 0 Å². The highest BCUT2D eigenvalue weighted by Crippen LogP contribution is 2.24. The molecule has 0 saturated carbocycles. The molecule has 3 heteroatoms. The summed E-state index contributed by atoms with van der Waals surface area (Å²) in [7, 11) is 0.362. The van der Waals surface area contributed by atoms with Crippen molar-refractivity contribution >= 4 is 8.32 Å². The van der Waals surface area contributed by atoms with E-state index in [2.05, 4.69) is 50.3 Å². The average molecular weight is 280 g/mol. The molecule has 1 aromatic rings. The zero-order valence-corrected chi connectivity index (χ0v) is 13.8. The van der Waals surface area contributed by atoms with Crippen LogP contribution in [0, 0.1) is 0 Å². The fraction of sp³-hybridized carbons (Fsp3) is 0.625. The maximum absolute atomic E-state index is 6.11. The molecule has 1 atom stereocenters. The smallest absolute Gasteiger partial charge is 0.186 e. The lowest BCUT2D eigenvalue weighted by Gasteiger charge is -2.23. The van der Waals surface area contributed by atoms with Crippen molar-refractivity contribution in [2.75, 3.05) is 20.3 Å². The van der Waals surface area contributed by atoms with Crippen molar-refractivity contribution in [3.8, 4) is 0 Å². The van der Waals surface area contributed by atoms with Crippen LogP contribution in [-0.4, -0.2) is 28.6 Å². The molecule has 0 aliphatic carbocycles. The Kier molecular flexibility index (Phi) is 7.35. The molecule has 0 bridgehead atoms. The Balaban J connectivity index is 2.51. The van der Waals surface area contributed by atoms with E-state index in [1.165, 1.54) is 11.6 Å². The van der Waals surface area contributed by atoms with Crippen molar-refractivity contribution in [2.24, 2.45) is 0 Å². The minimum absolute atomic E-state index is 0.544. The van der Waals surface area contributed by atoms with Crippen LogP contribution in [-0.2, 0) is 9.16 Å². The zero-order chi connectivity index (χ0) is 14.1. The number of benzene rings is 1. The van der Waals surface area contributed by atoms with Crippen LogP contribution in [0.4, 0.5) is 0 Å². The third-order valence-corrected chi connectivity index (χ3v) is 6.44. The van der Waals surface area contributed by atoms with Crippen molar-refractivity contribution in [1.82, 2.24) is 0 Å². The molecule has 0 radical (unpaired) electrons. The number of hydrogen-bond acceptors (Lipinski definition) is 2. The molecule has 0 spiro atoms. The SMILES string of the molecule is CC[Si](C)(C)OCCC(CCOC)c1ccccc1. The zero-order valence-electron chi connectivity index (χ0n) is 12.8. The van der Waals surface area contributed by atoms with Crippen molar-refractivity contribution in [2.45, 2.75) is 44.8 Å². The van der Waals surface area contributed by atoms with Gasteiger partial charge in [0.25, 0.3) is 0 Å². The Morgan fingerprint density at radius 2 is 1.68 bits per heavy atom. The lowest BCUT2D eigenvalue weighted by molar-refractivity contribution is 0.181. The van der Waals surface area contributed by atoms with E-state index in [4.69, 9.17) is 9.16 Å². The van der Waals surface area contributed by atoms with Gasteiger partial charge in [0.05, 0.1) is 0 Å². The Morgan fingerprint density at radius 3 is 2.26 bits per heavy atom. The molecule has 0 saturated heterocycles. The van der Waals surface area contributed by atoms with Crippen LogP contribution >= 0.6 is 0 Å². The Labute approximate surface area is 119 Å². The Hall–Kier alpha value is -0.643. The number of hydrogen-bond donors (Lipinski definition) is 0. The summed E-state index contributed by atoms with van der Waals surface area (Å²) in [5.74, 6) is 0.544. The van der Waals surface area contributed by atoms with Gasteiger partial charge in [-0.1, -0.05) is 37.3 Å². The van der Waals surface area contributed by atoms with Gasteiger partial charge in [-0.15, -0.1) is 0 Å². The van der Waals surface area contributed by atoms with E-state index in [0.717, 1.165) is 26.1 Å². The van der Waals surface area contributed by atoms with Gasteiger partial charge in [-0.3, -0.25) is 0 Å². The maximum atomic E-state index is 6.11. The van der Waals surface area contributed by atoms with Crippen LogP contribution in [0.25, 0.3) is 0 Å². The molecule has 0 aliphatic heterocycles. The summed E-state index contributed by atoms with van der Waals surface area (Å²) in [6.45, 7) is 8.50. The third kappa shape index (κ3) is 6.37. The van der Waals surface area contributed by atoms with Gasteiger partial charge in [-0.25, -0.2) is 0 Å². The van der Waals surface area contributed by atoms with E-state index in [1.807, 2.05) is 0 Å². The van der Waals surface area contributed by atoms with Gasteiger partial charge in [0.15, 0.2) is 8.32 Å². The normalized spacial score (nSPS) is 13.5. The van der Waals surface area contributed by atoms with Gasteiger partial charge in [-0.2, -0.15) is 0 Å². The first kappa shape index (κ1) is 16.4. The summed E-state index contributed by atoms with van der Waals surface area (Å²) in [6, 6.07) is 11.9. The second kappa shape index (κ2) is 8.51. The van der Waals surface area contributed by atoms with Crippen LogP contribution in [0.2, 0.25) is 19.1 Å². The van der Waals surface area contributed by atoms with Crippen LogP contribution < -0.4 is 0 Å². The molecule has 108 valence electrons. The molecule has 0 aromatic heterocycles. The molecule has 1 aromatic carbocycles. The van der Waals surface area contributed by atoms with E-state index >= 15 is 0 Å². The highest BCUT2D eigenvalue weighted by atomic mass is 28.4. The van der Waals surface area contributed by atoms with E-state index < -0.39 is 8.32 Å². The third-order valence-electron chi connectivity index (χ3n) is 3.75. The Morgan fingerprint density at radius 1 is 1.05 bits per heavy atom. The van der Waals surface area contributed by atoms with Crippen LogP contribution in [0.5, 0.6) is 0 Å². The van der Waals surface area contributed by atoms with E-state index in [-0.39, 0.29) is 0 Å². The second-order valence-electron chi connectivity index (χ2n) is 5.64. The Bertz CT molecular complexity index is 338. The van der Waals surface area contributed by atoms with E-state index in [9.17, 15) is 0 Å². The first-order valence-electron chi connectivity index (χ1n) is 7.27. The first-order chi connectivity index (χ1) is 9.09. The molecule has 0 heterocycles. The second-order valence-corrected chi connectivity index (χ2v) is 10.2. The summed E-state index contributed by atoms with van der Waals surface area (Å²) < 4.78 is 11.3. The molecular formula is C16H28O2Si. The van der Waals surface area contributed by atoms with Gasteiger partial charge < -0.3 is 9.16 Å². The van der Waals surface area contributed by atoms with Crippen LogP contribution in [0.3, 0.4) is 0 Å². The van der Waals surface area contributed by atoms with E-state index in [0.29, 0.717) is 5.92 Å². The molecule has 1 unspecified atom stereocenters. The topological polar surface area (TPSA) is 18.5 Å². The largest absolute Gasteiger partial charge is 0.417 e. The molecule has 1 rings (SSSR count). The summed E-state index contributed by atoms with van der Waals surface area (Å²) in [5.41, 5.74) is 1.40. The van der Waals surface area contributed by atoms with Gasteiger partial charge in [0.1, 0.15) is 0 Å². The monoisotopic (exact) mass is 280 g/mol. The maximum Gasteiger partial charge on any atom is 0.186 e. The van der Waals surface area contributed by atoms with Crippen molar-refractivity contribution < 1.29 is 9.16 Å². The molecule has 0 amide bonds. The minimum atomic E-state index is -1.41. The fourth-order valence-corrected chi connectivity index (χ4v) is 2.92. The lowest BCUT2D eigenvalue weighted by atomic mass is 9.93. The summed E-state index contributed by atoms with van der Waals surface area (Å²) >= 11 is 0. The van der Waals surface area contributed by atoms with Crippen molar-refractivity contribution in [3.05, 3.63) is 35.9 Å². The summed E-state index contributed by atoms with van der Waals surface area (Å²) in [4.78, 5) is 0. The number of rotatable bonds is 9. The quantitative estimate of drug-likeness (QED) is 0.623. The predicted octanol–water partition coefficient (Wildman–Crippen LogP) is 4.44.